The summed E-state index contributed by atoms with van der Waals surface area (Å²) in [7, 11) is 0. The number of nitro groups is 1. The van der Waals surface area contributed by atoms with Crippen molar-refractivity contribution in [1.82, 2.24) is 0 Å². The minimum Gasteiger partial charge on any atom is -0.295 e. The van der Waals surface area contributed by atoms with Crippen LogP contribution < -0.4 is 0 Å². The normalized spacial score (nSPS) is 12.6. The number of carbonyl (C=O) groups is 1. The monoisotopic (exact) mass is 206 g/mol. The van der Waals surface area contributed by atoms with E-state index in [-0.39, 0.29) is 6.29 Å². The summed E-state index contributed by atoms with van der Waals surface area (Å²) < 4.78 is 0. The van der Waals surface area contributed by atoms with Gasteiger partial charge in [0, 0.05) is 4.92 Å². The lowest BCUT2D eigenvalue weighted by Gasteiger charge is -1.98. The number of para-hydroxylation sites is 1. The van der Waals surface area contributed by atoms with Crippen LogP contribution in [-0.4, -0.2) is 23.5 Å². The van der Waals surface area contributed by atoms with Crippen molar-refractivity contribution in [3.8, 4) is 0 Å². The van der Waals surface area contributed by atoms with Gasteiger partial charge in [0.1, 0.15) is 0 Å². The van der Waals surface area contributed by atoms with E-state index >= 15 is 0 Å². The van der Waals surface area contributed by atoms with E-state index < -0.39 is 11.0 Å². The molecule has 0 heterocycles. The van der Waals surface area contributed by atoms with Gasteiger partial charge in [0.15, 0.2) is 6.29 Å². The zero-order valence-electron chi connectivity index (χ0n) is 8.16. The molecular weight excluding hydrogens is 196 g/mol. The van der Waals surface area contributed by atoms with Crippen LogP contribution in [0.25, 0.3) is 0 Å². The maximum atomic E-state index is 10.3. The van der Waals surface area contributed by atoms with E-state index in [2.05, 4.69) is 4.99 Å². The maximum absolute atomic E-state index is 10.3. The number of aldehydes is 1. The number of carbonyl (C=O) groups excluding carboxylic acids is 1. The van der Waals surface area contributed by atoms with Gasteiger partial charge in [-0.05, 0) is 18.6 Å². The minimum atomic E-state index is -1.37. The summed E-state index contributed by atoms with van der Waals surface area (Å²) in [5.41, 5.74) is 1.54. The molecular formula is C10H10N2O3. The van der Waals surface area contributed by atoms with Gasteiger partial charge in [-0.3, -0.25) is 19.9 Å². The molecule has 1 atom stereocenters. The standard InChI is InChI=1S/C10H10N2O3/c1-8-4-2-3-5-10(8)11-6-9(7-13)12(14)15/h2-7,9H,1H3. The van der Waals surface area contributed by atoms with Gasteiger partial charge in [-0.15, -0.1) is 0 Å². The van der Waals surface area contributed by atoms with Crippen molar-refractivity contribution >= 4 is 18.2 Å². The van der Waals surface area contributed by atoms with E-state index in [0.29, 0.717) is 5.69 Å². The zero-order chi connectivity index (χ0) is 11.3. The number of hydrogen-bond donors (Lipinski definition) is 0. The molecule has 0 aliphatic heterocycles. The van der Waals surface area contributed by atoms with Crippen molar-refractivity contribution in [2.75, 3.05) is 0 Å². The Bertz CT molecular complexity index is 401. The number of rotatable bonds is 4. The van der Waals surface area contributed by atoms with Crippen LogP contribution >= 0.6 is 0 Å². The molecule has 5 heteroatoms. The average Bonchev–Trinajstić information content (AvgIpc) is 2.21. The summed E-state index contributed by atoms with van der Waals surface area (Å²) in [6, 6.07) is 5.83. The number of aliphatic imine (C=N–C) groups is 1. The second-order valence-electron chi connectivity index (χ2n) is 2.98. The van der Waals surface area contributed by atoms with Crippen LogP contribution in [0.3, 0.4) is 0 Å². The first kappa shape index (κ1) is 11.0. The summed E-state index contributed by atoms with van der Waals surface area (Å²) in [4.78, 5) is 23.9. The van der Waals surface area contributed by atoms with Crippen LogP contribution in [-0.2, 0) is 4.79 Å². The fourth-order valence-electron chi connectivity index (χ4n) is 1.00. The van der Waals surface area contributed by atoms with Crippen molar-refractivity contribution in [3.05, 3.63) is 39.9 Å². The van der Waals surface area contributed by atoms with Crippen LogP contribution in [0.2, 0.25) is 0 Å². The number of nitrogens with zero attached hydrogens (tertiary/aromatic N) is 2. The van der Waals surface area contributed by atoms with Gasteiger partial charge in [0.05, 0.1) is 11.9 Å². The molecule has 0 fully saturated rings. The number of benzene rings is 1. The molecule has 1 aromatic carbocycles. The Morgan fingerprint density at radius 2 is 2.13 bits per heavy atom. The molecule has 0 amide bonds. The second kappa shape index (κ2) is 4.99. The Balaban J connectivity index is 2.85. The molecule has 1 rings (SSSR count). The molecule has 78 valence electrons. The van der Waals surface area contributed by atoms with Gasteiger partial charge in [0.2, 0.25) is 0 Å². The molecule has 5 nitrogen and oxygen atoms in total. The topological polar surface area (TPSA) is 72.6 Å². The fourth-order valence-corrected chi connectivity index (χ4v) is 1.00. The predicted molar refractivity (Wildman–Crippen MR) is 56.2 cm³/mol. The van der Waals surface area contributed by atoms with Crippen LogP contribution in [0, 0.1) is 17.0 Å². The molecule has 0 saturated heterocycles. The van der Waals surface area contributed by atoms with E-state index in [1.54, 1.807) is 12.1 Å². The van der Waals surface area contributed by atoms with Crippen molar-refractivity contribution < 1.29 is 9.72 Å². The zero-order valence-corrected chi connectivity index (χ0v) is 8.16. The van der Waals surface area contributed by atoms with Gasteiger partial charge < -0.3 is 0 Å². The summed E-state index contributed by atoms with van der Waals surface area (Å²) in [5, 5.41) is 10.3. The molecule has 0 radical (unpaired) electrons. The van der Waals surface area contributed by atoms with E-state index in [0.717, 1.165) is 11.8 Å². The fraction of sp³-hybridized carbons (Fsp3) is 0.200. The lowest BCUT2D eigenvalue weighted by Crippen LogP contribution is -2.22. The van der Waals surface area contributed by atoms with E-state index in [1.165, 1.54) is 0 Å². The predicted octanol–water partition coefficient (Wildman–Crippen LogP) is 1.54. The summed E-state index contributed by atoms with van der Waals surface area (Å²) >= 11 is 0. The largest absolute Gasteiger partial charge is 0.302 e. The van der Waals surface area contributed by atoms with Crippen molar-refractivity contribution in [1.29, 1.82) is 0 Å². The molecule has 0 saturated carbocycles. The van der Waals surface area contributed by atoms with Crippen molar-refractivity contribution in [2.24, 2.45) is 4.99 Å². The molecule has 1 aromatic rings. The van der Waals surface area contributed by atoms with Gasteiger partial charge in [-0.1, -0.05) is 18.2 Å². The van der Waals surface area contributed by atoms with Crippen molar-refractivity contribution in [3.63, 3.8) is 0 Å². The maximum Gasteiger partial charge on any atom is 0.302 e. The number of aryl methyl sites for hydroxylation is 1. The van der Waals surface area contributed by atoms with E-state index in [9.17, 15) is 14.9 Å². The van der Waals surface area contributed by atoms with E-state index in [1.807, 2.05) is 19.1 Å². The SMILES string of the molecule is Cc1ccccc1N=CC(C=O)[N+](=O)[O-]. The Hall–Kier alpha value is -2.04. The Morgan fingerprint density at radius 1 is 1.47 bits per heavy atom. The van der Waals surface area contributed by atoms with Crippen LogP contribution in [0.1, 0.15) is 5.56 Å². The molecule has 0 aliphatic rings. The Morgan fingerprint density at radius 3 is 2.67 bits per heavy atom. The first-order valence-corrected chi connectivity index (χ1v) is 4.33. The summed E-state index contributed by atoms with van der Waals surface area (Å²) in [6.07, 6.45) is 1.29. The third kappa shape index (κ3) is 2.98. The molecule has 0 N–H and O–H groups in total. The van der Waals surface area contributed by atoms with Crippen LogP contribution in [0.5, 0.6) is 0 Å². The van der Waals surface area contributed by atoms with Crippen molar-refractivity contribution in [2.45, 2.75) is 13.0 Å². The summed E-state index contributed by atoms with van der Waals surface area (Å²) in [5.74, 6) is 0. The van der Waals surface area contributed by atoms with Crippen LogP contribution in [0.15, 0.2) is 29.3 Å². The Kier molecular flexibility index (Phi) is 3.68. The number of hydrogen-bond acceptors (Lipinski definition) is 4. The smallest absolute Gasteiger partial charge is 0.295 e. The first-order valence-electron chi connectivity index (χ1n) is 4.33. The molecule has 0 bridgehead atoms. The minimum absolute atomic E-state index is 0.252. The molecule has 15 heavy (non-hydrogen) atoms. The van der Waals surface area contributed by atoms with Gasteiger partial charge >= 0.3 is 6.04 Å². The molecule has 1 unspecified atom stereocenters. The highest BCUT2D eigenvalue weighted by Crippen LogP contribution is 2.16. The third-order valence-corrected chi connectivity index (χ3v) is 1.86. The lowest BCUT2D eigenvalue weighted by atomic mass is 10.2. The quantitative estimate of drug-likeness (QED) is 0.324. The van der Waals surface area contributed by atoms with Gasteiger partial charge in [-0.25, -0.2) is 0 Å². The lowest BCUT2D eigenvalue weighted by molar-refractivity contribution is -0.485. The van der Waals surface area contributed by atoms with Crippen LogP contribution in [0.4, 0.5) is 5.69 Å². The highest BCUT2D eigenvalue weighted by Gasteiger charge is 2.14. The first-order chi connectivity index (χ1) is 7.15. The molecule has 0 aliphatic carbocycles. The van der Waals surface area contributed by atoms with E-state index in [4.69, 9.17) is 0 Å². The van der Waals surface area contributed by atoms with Gasteiger partial charge in [0.25, 0.3) is 0 Å². The third-order valence-electron chi connectivity index (χ3n) is 1.86. The molecule has 0 spiro atoms. The molecule has 0 aromatic heterocycles. The average molecular weight is 206 g/mol. The Labute approximate surface area is 86.6 Å². The highest BCUT2D eigenvalue weighted by atomic mass is 16.6. The summed E-state index contributed by atoms with van der Waals surface area (Å²) in [6.45, 7) is 1.84. The second-order valence-corrected chi connectivity index (χ2v) is 2.98. The van der Waals surface area contributed by atoms with Gasteiger partial charge in [-0.2, -0.15) is 0 Å². The highest BCUT2D eigenvalue weighted by molar-refractivity contribution is 5.85.